The fraction of sp³-hybridized carbons (Fsp3) is 0. The third-order valence-electron chi connectivity index (χ3n) is 7.46. The minimum atomic E-state index is 0.169. The number of H-pyrrole nitrogens is 1. The Morgan fingerprint density at radius 2 is 1.36 bits per heavy atom. The highest BCUT2D eigenvalue weighted by Gasteiger charge is 2.20. The lowest BCUT2D eigenvalue weighted by Crippen LogP contribution is -1.97. The van der Waals surface area contributed by atoms with E-state index in [1.54, 1.807) is 6.07 Å². The molecular weight excluding hydrogens is 480 g/mol. The third-order valence-corrected chi connectivity index (χ3v) is 7.46. The molecule has 0 aliphatic heterocycles. The van der Waals surface area contributed by atoms with Gasteiger partial charge in [0.15, 0.2) is 0 Å². The molecule has 0 aliphatic carbocycles. The van der Waals surface area contributed by atoms with Crippen molar-refractivity contribution in [2.45, 2.75) is 0 Å². The number of aromatic hydroxyl groups is 1. The van der Waals surface area contributed by atoms with Crippen molar-refractivity contribution in [2.24, 2.45) is 0 Å². The van der Waals surface area contributed by atoms with E-state index >= 15 is 0 Å². The average molecular weight is 503 g/mol. The minimum absolute atomic E-state index is 0.169. The highest BCUT2D eigenvalue weighted by atomic mass is 16.3. The van der Waals surface area contributed by atoms with Crippen LogP contribution in [0, 0.1) is 0 Å². The summed E-state index contributed by atoms with van der Waals surface area (Å²) in [4.78, 5) is 13.8. The number of nitrogens with zero attached hydrogens (tertiary/aromatic N) is 3. The van der Waals surface area contributed by atoms with Gasteiger partial charge < -0.3 is 10.1 Å². The highest BCUT2D eigenvalue weighted by molar-refractivity contribution is 6.12. The van der Waals surface area contributed by atoms with Crippen molar-refractivity contribution in [1.29, 1.82) is 0 Å². The van der Waals surface area contributed by atoms with Crippen molar-refractivity contribution < 1.29 is 5.11 Å². The molecule has 0 saturated carbocycles. The number of nitrogens with one attached hydrogen (secondary N) is 1. The number of benzene rings is 5. The molecule has 0 unspecified atom stereocenters. The summed E-state index contributed by atoms with van der Waals surface area (Å²) in [6.45, 7) is 0. The number of imidazole rings is 1. The van der Waals surface area contributed by atoms with Crippen molar-refractivity contribution in [1.82, 2.24) is 19.5 Å². The molecule has 184 valence electrons. The van der Waals surface area contributed by atoms with Crippen molar-refractivity contribution in [3.8, 4) is 34.1 Å². The second-order valence-corrected chi connectivity index (χ2v) is 9.72. The predicted molar refractivity (Wildman–Crippen MR) is 158 cm³/mol. The van der Waals surface area contributed by atoms with Gasteiger partial charge in [0.25, 0.3) is 0 Å². The van der Waals surface area contributed by atoms with Gasteiger partial charge in [-0.3, -0.25) is 4.57 Å². The van der Waals surface area contributed by atoms with Gasteiger partial charge in [-0.1, -0.05) is 78.9 Å². The molecule has 0 bridgehead atoms. The van der Waals surface area contributed by atoms with E-state index in [0.29, 0.717) is 5.52 Å². The van der Waals surface area contributed by atoms with Gasteiger partial charge >= 0.3 is 0 Å². The Morgan fingerprint density at radius 3 is 2.28 bits per heavy atom. The number of fused-ring (bicyclic) bond motifs is 5. The highest BCUT2D eigenvalue weighted by Crippen LogP contribution is 2.38. The minimum Gasteiger partial charge on any atom is -0.506 e. The molecule has 5 aromatic carbocycles. The number of phenols is 1. The standard InChI is InChI=1S/C34H22N4O/c39-30-18-6-9-21-19-20-28(35-31(21)30)25-14-8-17-29-33(25)37-34(38(29)22-10-2-1-3-11-22)26-15-7-13-24-23-12-4-5-16-27(23)36-32(24)26/h1-20,36,39H. The van der Waals surface area contributed by atoms with E-state index in [2.05, 4.69) is 70.2 Å². The number of hydrogen-bond acceptors (Lipinski definition) is 3. The molecular formula is C34H22N4O. The Labute approximate surface area is 223 Å². The molecule has 2 N–H and O–H groups in total. The summed E-state index contributed by atoms with van der Waals surface area (Å²) < 4.78 is 2.22. The average Bonchev–Trinajstić information content (AvgIpc) is 3.56. The second-order valence-electron chi connectivity index (χ2n) is 9.72. The van der Waals surface area contributed by atoms with Gasteiger partial charge in [-0.25, -0.2) is 9.97 Å². The molecule has 0 aliphatic rings. The van der Waals surface area contributed by atoms with Gasteiger partial charge in [-0.2, -0.15) is 0 Å². The van der Waals surface area contributed by atoms with Crippen LogP contribution in [0.4, 0.5) is 0 Å². The molecule has 0 saturated heterocycles. The van der Waals surface area contributed by atoms with Crippen LogP contribution in [0.2, 0.25) is 0 Å². The van der Waals surface area contributed by atoms with Gasteiger partial charge in [0.1, 0.15) is 17.1 Å². The lowest BCUT2D eigenvalue weighted by molar-refractivity contribution is 0.480. The summed E-state index contributed by atoms with van der Waals surface area (Å²) >= 11 is 0. The fourth-order valence-corrected chi connectivity index (χ4v) is 5.67. The number of aromatic nitrogens is 4. The number of phenolic OH excluding ortho intramolecular Hbond substituents is 1. The first-order chi connectivity index (χ1) is 19.3. The topological polar surface area (TPSA) is 66.7 Å². The lowest BCUT2D eigenvalue weighted by atomic mass is 10.1. The number of para-hydroxylation sites is 5. The largest absolute Gasteiger partial charge is 0.506 e. The van der Waals surface area contributed by atoms with E-state index in [1.807, 2.05) is 54.6 Å². The number of rotatable bonds is 3. The van der Waals surface area contributed by atoms with Crippen LogP contribution in [0.1, 0.15) is 0 Å². The molecule has 39 heavy (non-hydrogen) atoms. The molecule has 0 amide bonds. The summed E-state index contributed by atoms with van der Waals surface area (Å²) in [5.74, 6) is 1.02. The van der Waals surface area contributed by atoms with Crippen LogP contribution in [0.5, 0.6) is 5.75 Å². The van der Waals surface area contributed by atoms with E-state index in [-0.39, 0.29) is 5.75 Å². The van der Waals surface area contributed by atoms with Crippen molar-refractivity contribution in [3.05, 3.63) is 121 Å². The maximum Gasteiger partial charge on any atom is 0.147 e. The van der Waals surface area contributed by atoms with Crippen LogP contribution in [0.25, 0.3) is 72.1 Å². The molecule has 5 nitrogen and oxygen atoms in total. The number of aromatic amines is 1. The van der Waals surface area contributed by atoms with E-state index in [1.165, 1.54) is 10.8 Å². The van der Waals surface area contributed by atoms with E-state index in [4.69, 9.17) is 9.97 Å². The van der Waals surface area contributed by atoms with Crippen molar-refractivity contribution >= 4 is 43.7 Å². The van der Waals surface area contributed by atoms with Gasteiger partial charge in [-0.05, 0) is 42.5 Å². The molecule has 3 aromatic heterocycles. The quantitative estimate of drug-likeness (QED) is 0.256. The first-order valence-electron chi connectivity index (χ1n) is 12.9. The predicted octanol–water partition coefficient (Wildman–Crippen LogP) is 8.25. The van der Waals surface area contributed by atoms with E-state index in [0.717, 1.165) is 55.8 Å². The Balaban J connectivity index is 1.45. The van der Waals surface area contributed by atoms with Gasteiger partial charge in [0, 0.05) is 38.5 Å². The third kappa shape index (κ3) is 3.27. The van der Waals surface area contributed by atoms with Crippen molar-refractivity contribution in [3.63, 3.8) is 0 Å². The first kappa shape index (κ1) is 21.6. The van der Waals surface area contributed by atoms with Crippen LogP contribution in [-0.2, 0) is 0 Å². The Hall–Kier alpha value is -5.42. The van der Waals surface area contributed by atoms with Gasteiger partial charge in [0.2, 0.25) is 0 Å². The second kappa shape index (κ2) is 8.30. The van der Waals surface area contributed by atoms with Gasteiger partial charge in [0.05, 0.1) is 22.2 Å². The summed E-state index contributed by atoms with van der Waals surface area (Å²) in [5.41, 5.74) is 8.32. The fourth-order valence-electron chi connectivity index (χ4n) is 5.67. The monoisotopic (exact) mass is 502 g/mol. The number of pyridine rings is 1. The van der Waals surface area contributed by atoms with Crippen LogP contribution in [-0.4, -0.2) is 24.6 Å². The Morgan fingerprint density at radius 1 is 0.590 bits per heavy atom. The summed E-state index contributed by atoms with van der Waals surface area (Å²) in [7, 11) is 0. The molecule has 8 rings (SSSR count). The molecule has 5 heteroatoms. The Kier molecular flexibility index (Phi) is 4.60. The Bertz CT molecular complexity index is 2190. The van der Waals surface area contributed by atoms with Crippen LogP contribution >= 0.6 is 0 Å². The zero-order valence-corrected chi connectivity index (χ0v) is 20.8. The molecule has 0 spiro atoms. The maximum absolute atomic E-state index is 10.5. The molecule has 0 fully saturated rings. The molecule has 3 heterocycles. The van der Waals surface area contributed by atoms with Crippen LogP contribution < -0.4 is 0 Å². The summed E-state index contributed by atoms with van der Waals surface area (Å²) in [5, 5.41) is 13.7. The normalized spacial score (nSPS) is 11.7. The lowest BCUT2D eigenvalue weighted by Gasteiger charge is -2.10. The first-order valence-corrected chi connectivity index (χ1v) is 12.9. The zero-order chi connectivity index (χ0) is 25.9. The van der Waals surface area contributed by atoms with Crippen LogP contribution in [0.15, 0.2) is 121 Å². The van der Waals surface area contributed by atoms with Gasteiger partial charge in [-0.15, -0.1) is 0 Å². The summed E-state index contributed by atoms with van der Waals surface area (Å²) in [6.07, 6.45) is 0. The number of hydrogen-bond donors (Lipinski definition) is 2. The smallest absolute Gasteiger partial charge is 0.147 e. The molecule has 8 aromatic rings. The van der Waals surface area contributed by atoms with E-state index in [9.17, 15) is 5.11 Å². The van der Waals surface area contributed by atoms with Crippen molar-refractivity contribution in [2.75, 3.05) is 0 Å². The maximum atomic E-state index is 10.5. The SMILES string of the molecule is Oc1cccc2ccc(-c3cccc4c3nc(-c3cccc5c3[nH]c3ccccc35)n4-c3ccccc3)nc12. The van der Waals surface area contributed by atoms with E-state index < -0.39 is 0 Å². The molecule has 0 atom stereocenters. The van der Waals surface area contributed by atoms with Crippen LogP contribution in [0.3, 0.4) is 0 Å². The summed E-state index contributed by atoms with van der Waals surface area (Å²) in [6, 6.07) is 40.7. The zero-order valence-electron chi connectivity index (χ0n) is 20.8. The molecule has 0 radical (unpaired) electrons.